The van der Waals surface area contributed by atoms with E-state index in [1.807, 2.05) is 43.3 Å². The van der Waals surface area contributed by atoms with Crippen molar-refractivity contribution in [2.75, 3.05) is 25.6 Å². The van der Waals surface area contributed by atoms with Crippen LogP contribution in [-0.4, -0.2) is 65.0 Å². The van der Waals surface area contributed by atoms with Crippen molar-refractivity contribution in [2.45, 2.75) is 64.1 Å². The largest absolute Gasteiger partial charge is 0.506 e. The van der Waals surface area contributed by atoms with Crippen molar-refractivity contribution in [2.24, 2.45) is 11.3 Å². The highest BCUT2D eigenvalue weighted by atomic mass is 28.4. The lowest BCUT2D eigenvalue weighted by Crippen LogP contribution is -2.67. The summed E-state index contributed by atoms with van der Waals surface area (Å²) in [6.45, 7) is 9.28. The maximum atomic E-state index is 14.2. The van der Waals surface area contributed by atoms with E-state index in [1.165, 1.54) is 0 Å². The number of terminal acetylenes is 1. The van der Waals surface area contributed by atoms with Crippen molar-refractivity contribution in [1.82, 2.24) is 19.5 Å². The summed E-state index contributed by atoms with van der Waals surface area (Å²) in [5, 5.41) is 11.8. The van der Waals surface area contributed by atoms with E-state index in [9.17, 15) is 14.3 Å². The average molecular weight is 660 g/mol. The first-order valence-electron chi connectivity index (χ1n) is 15.8. The van der Waals surface area contributed by atoms with Gasteiger partial charge in [0.1, 0.15) is 11.6 Å². The van der Waals surface area contributed by atoms with E-state index >= 15 is 0 Å². The van der Waals surface area contributed by atoms with Gasteiger partial charge in [0.15, 0.2) is 11.5 Å². The quantitative estimate of drug-likeness (QED) is 0.0913. The minimum absolute atomic E-state index is 0.0341. The van der Waals surface area contributed by atoms with Crippen LogP contribution in [-0.2, 0) is 13.9 Å². The maximum Gasteiger partial charge on any atom is 0.506 e. The van der Waals surface area contributed by atoms with Gasteiger partial charge in [0.2, 0.25) is 0 Å². The van der Waals surface area contributed by atoms with Gasteiger partial charge in [-0.05, 0) is 41.6 Å². The molecule has 47 heavy (non-hydrogen) atoms. The molecule has 1 aliphatic rings. The number of hydrogen-bond acceptors (Lipinski definition) is 8. The van der Waals surface area contributed by atoms with Crippen molar-refractivity contribution >= 4 is 41.8 Å². The van der Waals surface area contributed by atoms with Crippen molar-refractivity contribution in [3.05, 3.63) is 73.1 Å². The molecule has 5 rings (SSSR count). The summed E-state index contributed by atoms with van der Waals surface area (Å²) in [5.74, 6) is 2.69. The number of hydrogen-bond donors (Lipinski definition) is 2. The van der Waals surface area contributed by atoms with Gasteiger partial charge >= 0.3 is 12.2 Å². The van der Waals surface area contributed by atoms with E-state index in [1.54, 1.807) is 10.9 Å². The zero-order valence-corrected chi connectivity index (χ0v) is 28.2. The van der Waals surface area contributed by atoms with Crippen LogP contribution in [0.1, 0.15) is 53.0 Å². The fourth-order valence-corrected chi connectivity index (χ4v) is 11.5. The molecule has 0 bridgehead atoms. The van der Waals surface area contributed by atoms with E-state index in [4.69, 9.17) is 26.1 Å². The van der Waals surface area contributed by atoms with Gasteiger partial charge in [-0.3, -0.25) is 0 Å². The van der Waals surface area contributed by atoms with Gasteiger partial charge in [-0.15, -0.1) is 6.42 Å². The molecule has 0 aliphatic carbocycles. The predicted molar refractivity (Wildman–Crippen MR) is 180 cm³/mol. The number of nitrogens with zero attached hydrogens (tertiary/aromatic N) is 4. The van der Waals surface area contributed by atoms with Crippen molar-refractivity contribution in [3.63, 3.8) is 0 Å². The Morgan fingerprint density at radius 2 is 1.81 bits per heavy atom. The van der Waals surface area contributed by atoms with Gasteiger partial charge in [-0.1, -0.05) is 87.4 Å². The van der Waals surface area contributed by atoms with Crippen LogP contribution in [0, 0.1) is 29.8 Å². The third-order valence-corrected chi connectivity index (χ3v) is 14.3. The van der Waals surface area contributed by atoms with Crippen LogP contribution < -0.4 is 16.1 Å². The molecule has 3 N–H and O–H groups in total. The summed E-state index contributed by atoms with van der Waals surface area (Å²) in [6, 6.07) is 20.1. The summed E-state index contributed by atoms with van der Waals surface area (Å²) < 4.78 is 34.7. The first-order chi connectivity index (χ1) is 22.4. The SMILES string of the molecule is C#CC(CCC(C)n1cnc2c(N)nc(F)nc21)(CO[Si](c1ccccc1)(c1ccccc1)C(C)(C)C)C(OC(=O)O)C1CCOC1. The Hall–Kier alpha value is -4.31. The van der Waals surface area contributed by atoms with Crippen LogP contribution in [0.5, 0.6) is 0 Å². The first-order valence-corrected chi connectivity index (χ1v) is 17.7. The topological polar surface area (TPSA) is 135 Å². The fourth-order valence-electron chi connectivity index (χ4n) is 6.89. The second-order valence-corrected chi connectivity index (χ2v) is 17.6. The summed E-state index contributed by atoms with van der Waals surface area (Å²) in [4.78, 5) is 24.1. The van der Waals surface area contributed by atoms with Crippen molar-refractivity contribution < 1.29 is 28.2 Å². The highest BCUT2D eigenvalue weighted by Crippen LogP contribution is 2.43. The monoisotopic (exact) mass is 659 g/mol. The Bertz CT molecular complexity index is 1680. The minimum Gasteiger partial charge on any atom is -0.450 e. The number of halogens is 1. The number of benzene rings is 2. The molecule has 0 spiro atoms. The van der Waals surface area contributed by atoms with Gasteiger partial charge in [0, 0.05) is 18.6 Å². The lowest BCUT2D eigenvalue weighted by atomic mass is 9.73. The Morgan fingerprint density at radius 3 is 2.34 bits per heavy atom. The van der Waals surface area contributed by atoms with Gasteiger partial charge < -0.3 is 29.3 Å². The summed E-state index contributed by atoms with van der Waals surface area (Å²) >= 11 is 0. The molecular formula is C35H42FN5O5Si. The molecule has 3 heterocycles. The maximum absolute atomic E-state index is 14.2. The zero-order chi connectivity index (χ0) is 33.8. The minimum atomic E-state index is -3.08. The number of nitrogen functional groups attached to an aromatic ring is 1. The summed E-state index contributed by atoms with van der Waals surface area (Å²) in [6.07, 6.45) is 6.10. The molecule has 4 aromatic rings. The zero-order valence-electron chi connectivity index (χ0n) is 27.2. The molecule has 12 heteroatoms. The summed E-state index contributed by atoms with van der Waals surface area (Å²) in [7, 11) is -3.08. The number of aromatic nitrogens is 4. The van der Waals surface area contributed by atoms with Crippen molar-refractivity contribution in [1.29, 1.82) is 0 Å². The predicted octanol–water partition coefficient (Wildman–Crippen LogP) is 5.18. The van der Waals surface area contributed by atoms with E-state index in [0.29, 0.717) is 38.0 Å². The third-order valence-electron chi connectivity index (χ3n) is 9.32. The molecule has 10 nitrogen and oxygen atoms in total. The smallest absolute Gasteiger partial charge is 0.450 e. The van der Waals surface area contributed by atoms with Crippen LogP contribution in [0.3, 0.4) is 0 Å². The lowest BCUT2D eigenvalue weighted by Gasteiger charge is -2.46. The third kappa shape index (κ3) is 6.74. The Balaban J connectivity index is 1.59. The molecule has 0 radical (unpaired) electrons. The molecule has 1 aliphatic heterocycles. The molecule has 2 aromatic carbocycles. The van der Waals surface area contributed by atoms with Crippen LogP contribution in [0.2, 0.25) is 5.04 Å². The number of rotatable bonds is 12. The first kappa shape index (κ1) is 34.0. The molecule has 2 aromatic heterocycles. The second-order valence-electron chi connectivity index (χ2n) is 13.3. The average Bonchev–Trinajstić information content (AvgIpc) is 3.73. The second kappa shape index (κ2) is 13.8. The molecule has 1 fully saturated rings. The van der Waals surface area contributed by atoms with E-state index < -0.39 is 32.1 Å². The van der Waals surface area contributed by atoms with Crippen LogP contribution >= 0.6 is 0 Å². The standard InChI is InChI=1S/C35H42FN5O5Si/c1-6-35(29(46-33(42)43)25-18-20-44-21-25,19-17-24(2)41-23-38-28-30(37)39-32(36)40-31(28)41)22-45-47(34(3,4)5,26-13-9-7-10-14-26)27-15-11-8-12-16-27/h1,7-16,23-25,29H,17-22H2,2-5H3,(H,42,43)(H2,37,39,40). The molecular weight excluding hydrogens is 617 g/mol. The number of fused-ring (bicyclic) bond motifs is 1. The van der Waals surface area contributed by atoms with Gasteiger partial charge in [0.05, 0.1) is 25.0 Å². The molecule has 1 saturated heterocycles. The number of nitrogens with two attached hydrogens (primary N) is 1. The normalized spacial score (nSPS) is 17.9. The molecule has 248 valence electrons. The molecule has 4 unspecified atom stereocenters. The van der Waals surface area contributed by atoms with Crippen molar-refractivity contribution in [3.8, 4) is 12.3 Å². The number of anilines is 1. The number of carbonyl (C=O) groups is 1. The van der Waals surface area contributed by atoms with Crippen LogP contribution in [0.15, 0.2) is 67.0 Å². The Kier molecular flexibility index (Phi) is 10.0. The molecule has 0 amide bonds. The van der Waals surface area contributed by atoms with E-state index in [-0.39, 0.29) is 35.1 Å². The van der Waals surface area contributed by atoms with Crippen LogP contribution in [0.4, 0.5) is 15.0 Å². The molecule has 0 saturated carbocycles. The highest BCUT2D eigenvalue weighted by Gasteiger charge is 2.54. The van der Waals surface area contributed by atoms with Gasteiger partial charge in [-0.2, -0.15) is 14.4 Å². The van der Waals surface area contributed by atoms with Crippen LogP contribution in [0.25, 0.3) is 11.2 Å². The number of imidazole rings is 1. The van der Waals surface area contributed by atoms with E-state index in [0.717, 1.165) is 10.4 Å². The highest BCUT2D eigenvalue weighted by molar-refractivity contribution is 6.99. The fraction of sp³-hybridized carbons (Fsp3) is 0.429. The van der Waals surface area contributed by atoms with Gasteiger partial charge in [0.25, 0.3) is 8.32 Å². The summed E-state index contributed by atoms with van der Waals surface area (Å²) in [5.41, 5.74) is 5.29. The number of ether oxygens (including phenoxy) is 2. The Morgan fingerprint density at radius 1 is 1.17 bits per heavy atom. The van der Waals surface area contributed by atoms with E-state index in [2.05, 4.69) is 65.9 Å². The lowest BCUT2D eigenvalue weighted by molar-refractivity contribution is -0.0513. The van der Waals surface area contributed by atoms with Gasteiger partial charge in [-0.25, -0.2) is 9.78 Å². The molecule has 4 atom stereocenters. The number of carboxylic acid groups (broad SMARTS) is 1. The Labute approximate surface area is 275 Å².